The molecular weight excluding hydrogens is 330 g/mol. The molecule has 9 heteroatoms. The first-order valence-corrected chi connectivity index (χ1v) is 6.64. The van der Waals surface area contributed by atoms with Gasteiger partial charge < -0.3 is 20.9 Å². The van der Waals surface area contributed by atoms with Crippen LogP contribution in [-0.4, -0.2) is 17.4 Å². The predicted molar refractivity (Wildman–Crippen MR) is 80.1 cm³/mol. The highest BCUT2D eigenvalue weighted by molar-refractivity contribution is 5.93. The third-order valence-electron chi connectivity index (χ3n) is 2.82. The van der Waals surface area contributed by atoms with Gasteiger partial charge in [-0.1, -0.05) is 18.2 Å². The Balaban J connectivity index is 2.08. The quantitative estimate of drug-likeness (QED) is 0.452. The predicted octanol–water partition coefficient (Wildman–Crippen LogP) is 3.36. The maximum Gasteiger partial charge on any atom is 0.573 e. The highest BCUT2D eigenvalue weighted by atomic mass is 19.4. The molecule has 0 heterocycles. The van der Waals surface area contributed by atoms with E-state index in [1.807, 2.05) is 0 Å². The fourth-order valence-corrected chi connectivity index (χ4v) is 1.79. The van der Waals surface area contributed by atoms with Gasteiger partial charge in [-0.05, 0) is 29.8 Å². The van der Waals surface area contributed by atoms with E-state index in [-0.39, 0.29) is 18.2 Å². The lowest BCUT2D eigenvalue weighted by Crippen LogP contribution is -2.24. The summed E-state index contributed by atoms with van der Waals surface area (Å²) in [5.41, 5.74) is 6.02. The van der Waals surface area contributed by atoms with Gasteiger partial charge in [-0.15, -0.1) is 13.2 Å². The molecule has 0 spiro atoms. The molecule has 0 saturated carbocycles. The van der Waals surface area contributed by atoms with Crippen LogP contribution in [0.25, 0.3) is 0 Å². The van der Waals surface area contributed by atoms with Crippen LogP contribution in [0.1, 0.15) is 5.56 Å². The van der Waals surface area contributed by atoms with Gasteiger partial charge >= 0.3 is 6.36 Å². The van der Waals surface area contributed by atoms with Gasteiger partial charge in [0.1, 0.15) is 0 Å². The normalized spacial score (nSPS) is 12.1. The van der Waals surface area contributed by atoms with Crippen molar-refractivity contribution in [3.8, 4) is 11.5 Å². The van der Waals surface area contributed by atoms with Crippen LogP contribution < -0.4 is 15.8 Å². The maximum atomic E-state index is 13.2. The zero-order valence-corrected chi connectivity index (χ0v) is 12.1. The van der Waals surface area contributed by atoms with Gasteiger partial charge in [0.25, 0.3) is 0 Å². The Morgan fingerprint density at radius 3 is 2.58 bits per heavy atom. The van der Waals surface area contributed by atoms with Crippen LogP contribution in [0.5, 0.6) is 11.5 Å². The highest BCUT2D eigenvalue weighted by Crippen LogP contribution is 2.29. The van der Waals surface area contributed by atoms with Crippen molar-refractivity contribution in [3.05, 3.63) is 53.8 Å². The number of ether oxygens (including phenoxy) is 1. The second-order valence-corrected chi connectivity index (χ2v) is 4.66. The van der Waals surface area contributed by atoms with Gasteiger partial charge in [0, 0.05) is 0 Å². The first-order valence-electron chi connectivity index (χ1n) is 6.64. The van der Waals surface area contributed by atoms with Gasteiger partial charge in [-0.25, -0.2) is 9.38 Å². The molecular formula is C15H13F4N3O2. The summed E-state index contributed by atoms with van der Waals surface area (Å²) >= 11 is 0. The lowest BCUT2D eigenvalue weighted by atomic mass is 10.2. The molecule has 0 bridgehead atoms. The molecule has 4 N–H and O–H groups in total. The molecule has 0 aromatic heterocycles. The van der Waals surface area contributed by atoms with Crippen LogP contribution in [0.2, 0.25) is 0 Å². The molecule has 0 aliphatic heterocycles. The number of phenolic OH excluding ortho intramolecular Hbond substituents is 1. The van der Waals surface area contributed by atoms with E-state index in [0.29, 0.717) is 5.56 Å². The summed E-state index contributed by atoms with van der Waals surface area (Å²) in [6.45, 7) is -0.0294. The van der Waals surface area contributed by atoms with E-state index in [4.69, 9.17) is 10.8 Å². The molecule has 0 aliphatic rings. The maximum absolute atomic E-state index is 13.2. The van der Waals surface area contributed by atoms with Crippen molar-refractivity contribution in [2.24, 2.45) is 10.7 Å². The molecule has 128 valence electrons. The van der Waals surface area contributed by atoms with Crippen LogP contribution >= 0.6 is 0 Å². The van der Waals surface area contributed by atoms with E-state index < -0.39 is 23.7 Å². The van der Waals surface area contributed by atoms with E-state index in [0.717, 1.165) is 18.2 Å². The topological polar surface area (TPSA) is 79.9 Å². The SMILES string of the molecule is NC(=NCc1ccc(O)c(F)c1)Nc1ccccc1OC(F)(F)F. The summed E-state index contributed by atoms with van der Waals surface area (Å²) < 4.78 is 54.1. The summed E-state index contributed by atoms with van der Waals surface area (Å²) in [5, 5.41) is 11.6. The summed E-state index contributed by atoms with van der Waals surface area (Å²) in [6, 6.07) is 9.01. The Morgan fingerprint density at radius 2 is 1.92 bits per heavy atom. The minimum absolute atomic E-state index is 0.0204. The Hall–Kier alpha value is -2.97. The van der Waals surface area contributed by atoms with E-state index in [1.165, 1.54) is 24.3 Å². The van der Waals surface area contributed by atoms with Crippen molar-refractivity contribution in [1.29, 1.82) is 0 Å². The lowest BCUT2D eigenvalue weighted by Gasteiger charge is -2.14. The fraction of sp³-hybridized carbons (Fsp3) is 0.133. The second-order valence-electron chi connectivity index (χ2n) is 4.66. The molecule has 24 heavy (non-hydrogen) atoms. The first kappa shape index (κ1) is 17.4. The Kier molecular flexibility index (Phi) is 5.12. The third kappa shape index (κ3) is 5.04. The van der Waals surface area contributed by atoms with Crippen molar-refractivity contribution in [3.63, 3.8) is 0 Å². The molecule has 0 radical (unpaired) electrons. The largest absolute Gasteiger partial charge is 0.573 e. The highest BCUT2D eigenvalue weighted by Gasteiger charge is 2.32. The van der Waals surface area contributed by atoms with Crippen LogP contribution in [0.15, 0.2) is 47.5 Å². The number of alkyl halides is 3. The monoisotopic (exact) mass is 343 g/mol. The molecule has 2 aromatic carbocycles. The second kappa shape index (κ2) is 7.07. The van der Waals surface area contributed by atoms with Crippen LogP contribution in [-0.2, 0) is 6.54 Å². The number of aliphatic imine (C=N–C) groups is 1. The van der Waals surface area contributed by atoms with Gasteiger partial charge in [-0.3, -0.25) is 0 Å². The number of halogens is 4. The summed E-state index contributed by atoms with van der Waals surface area (Å²) in [5.74, 6) is -1.94. The molecule has 0 amide bonds. The van der Waals surface area contributed by atoms with Crippen molar-refractivity contribution in [1.82, 2.24) is 0 Å². The zero-order valence-electron chi connectivity index (χ0n) is 12.1. The van der Waals surface area contributed by atoms with Crippen LogP contribution in [0.3, 0.4) is 0 Å². The van der Waals surface area contributed by atoms with Gasteiger partial charge in [0.05, 0.1) is 12.2 Å². The average Bonchev–Trinajstić information content (AvgIpc) is 2.49. The minimum atomic E-state index is -4.84. The minimum Gasteiger partial charge on any atom is -0.505 e. The number of rotatable bonds is 4. The lowest BCUT2D eigenvalue weighted by molar-refractivity contribution is -0.274. The van der Waals surface area contributed by atoms with Crippen molar-refractivity contribution in [2.75, 3.05) is 5.32 Å². The number of para-hydroxylation sites is 2. The van der Waals surface area contributed by atoms with Crippen LogP contribution in [0, 0.1) is 5.82 Å². The number of nitrogens with two attached hydrogens (primary N) is 1. The average molecular weight is 343 g/mol. The van der Waals surface area contributed by atoms with E-state index in [2.05, 4.69) is 15.0 Å². The number of phenols is 1. The van der Waals surface area contributed by atoms with E-state index >= 15 is 0 Å². The Labute approximate surface area is 134 Å². The van der Waals surface area contributed by atoms with E-state index in [9.17, 15) is 17.6 Å². The molecule has 0 aliphatic carbocycles. The van der Waals surface area contributed by atoms with Gasteiger partial charge in [0.15, 0.2) is 23.3 Å². The number of nitrogens with zero attached hydrogens (tertiary/aromatic N) is 1. The zero-order chi connectivity index (χ0) is 17.7. The molecule has 0 fully saturated rings. The number of aromatic hydroxyl groups is 1. The standard InChI is InChI=1S/C15H13F4N3O2/c16-10-7-9(5-6-12(10)23)8-21-14(20)22-11-3-1-2-4-13(11)24-15(17,18)19/h1-7,23H,8H2,(H3,20,21,22). The van der Waals surface area contributed by atoms with Gasteiger partial charge in [0.2, 0.25) is 0 Å². The van der Waals surface area contributed by atoms with E-state index in [1.54, 1.807) is 0 Å². The van der Waals surface area contributed by atoms with Crippen molar-refractivity contribution < 1.29 is 27.4 Å². The van der Waals surface area contributed by atoms with Crippen molar-refractivity contribution in [2.45, 2.75) is 12.9 Å². The summed E-state index contributed by atoms with van der Waals surface area (Å²) in [4.78, 5) is 3.90. The first-order chi connectivity index (χ1) is 11.2. The fourth-order valence-electron chi connectivity index (χ4n) is 1.79. The molecule has 5 nitrogen and oxygen atoms in total. The van der Waals surface area contributed by atoms with Crippen LogP contribution in [0.4, 0.5) is 23.2 Å². The van der Waals surface area contributed by atoms with Gasteiger partial charge in [-0.2, -0.15) is 0 Å². The molecule has 0 unspecified atom stereocenters. The number of hydrogen-bond donors (Lipinski definition) is 3. The summed E-state index contributed by atoms with van der Waals surface area (Å²) in [7, 11) is 0. The molecule has 0 atom stereocenters. The molecule has 2 aromatic rings. The number of anilines is 1. The Morgan fingerprint density at radius 1 is 1.21 bits per heavy atom. The Bertz CT molecular complexity index is 748. The summed E-state index contributed by atoms with van der Waals surface area (Å²) in [6.07, 6.45) is -4.84. The third-order valence-corrected chi connectivity index (χ3v) is 2.82. The smallest absolute Gasteiger partial charge is 0.505 e. The molecule has 2 rings (SSSR count). The van der Waals surface area contributed by atoms with Crippen molar-refractivity contribution >= 4 is 11.6 Å². The molecule has 0 saturated heterocycles. The number of hydrogen-bond acceptors (Lipinski definition) is 3. The number of nitrogens with one attached hydrogen (secondary N) is 1. The number of benzene rings is 2. The number of guanidine groups is 1.